The second-order valence-corrected chi connectivity index (χ2v) is 15.1. The van der Waals surface area contributed by atoms with Gasteiger partial charge in [0, 0.05) is 47.8 Å². The molecule has 3 aromatic rings. The Morgan fingerprint density at radius 3 is 2.68 bits per heavy atom. The molecule has 0 fully saturated rings. The average Bonchev–Trinajstić information content (AvgIpc) is 3.67. The number of anilines is 1. The predicted molar refractivity (Wildman–Crippen MR) is 181 cm³/mol. The first-order chi connectivity index (χ1) is 21.3. The SMILES string of the molecule is CC1=C(C=Cc2sc3ccccc3[n+]2CCCCS(=O)(=O)O)CCC1=CC=C1Sc2ccccc2N1CCCCSOOO. The molecule has 2 N–H and O–H groups in total. The maximum absolute atomic E-state index is 11.2. The van der Waals surface area contributed by atoms with Crippen LogP contribution in [0.4, 0.5) is 5.69 Å². The number of thiazole rings is 1. The van der Waals surface area contributed by atoms with E-state index in [1.165, 1.54) is 37.0 Å². The van der Waals surface area contributed by atoms with E-state index >= 15 is 0 Å². The van der Waals surface area contributed by atoms with Crippen LogP contribution in [-0.2, 0) is 26.0 Å². The average molecular weight is 674 g/mol. The second kappa shape index (κ2) is 15.7. The molecule has 44 heavy (non-hydrogen) atoms. The van der Waals surface area contributed by atoms with Crippen molar-refractivity contribution in [2.45, 2.75) is 56.9 Å². The molecule has 12 heteroatoms. The maximum atomic E-state index is 11.2. The molecule has 0 radical (unpaired) electrons. The number of unbranched alkanes of at least 4 members (excludes halogenated alkanes) is 2. The van der Waals surface area contributed by atoms with Gasteiger partial charge in [0.1, 0.15) is 4.70 Å². The quantitative estimate of drug-likeness (QED) is 0.0413. The lowest BCUT2D eigenvalue weighted by Gasteiger charge is -2.20. The number of rotatable bonds is 15. The Bertz CT molecular complexity index is 1690. The number of para-hydroxylation sites is 2. The smallest absolute Gasteiger partial charge is 0.264 e. The molecule has 0 spiro atoms. The first-order valence-corrected chi connectivity index (χ1v) is 18.8. The van der Waals surface area contributed by atoms with E-state index in [4.69, 9.17) is 9.81 Å². The molecule has 234 valence electrons. The zero-order valence-corrected chi connectivity index (χ0v) is 27.8. The van der Waals surface area contributed by atoms with Gasteiger partial charge in [0.15, 0.2) is 6.54 Å². The van der Waals surface area contributed by atoms with Crippen molar-refractivity contribution in [3.05, 3.63) is 93.5 Å². The molecule has 2 heterocycles. The van der Waals surface area contributed by atoms with E-state index < -0.39 is 10.1 Å². The number of nitrogens with zero attached hydrogens (tertiary/aromatic N) is 2. The van der Waals surface area contributed by atoms with Gasteiger partial charge in [0.2, 0.25) is 5.52 Å². The van der Waals surface area contributed by atoms with Crippen molar-refractivity contribution < 1.29 is 32.2 Å². The molecule has 0 amide bonds. The molecule has 2 aromatic carbocycles. The van der Waals surface area contributed by atoms with Gasteiger partial charge >= 0.3 is 0 Å². The molecule has 8 nitrogen and oxygen atoms in total. The van der Waals surface area contributed by atoms with Crippen LogP contribution in [0.15, 0.2) is 93.4 Å². The molecule has 5 rings (SSSR count). The van der Waals surface area contributed by atoms with E-state index in [1.54, 1.807) is 23.1 Å². The lowest BCUT2D eigenvalue weighted by atomic mass is 10.1. The number of fused-ring (bicyclic) bond motifs is 2. The van der Waals surface area contributed by atoms with Crippen molar-refractivity contribution in [2.24, 2.45) is 0 Å². The van der Waals surface area contributed by atoms with Crippen LogP contribution in [0.1, 0.15) is 50.5 Å². The Morgan fingerprint density at radius 2 is 1.84 bits per heavy atom. The highest BCUT2D eigenvalue weighted by Crippen LogP contribution is 2.46. The van der Waals surface area contributed by atoms with Crippen LogP contribution in [-0.4, -0.2) is 36.3 Å². The summed E-state index contributed by atoms with van der Waals surface area (Å²) >= 11 is 4.64. The van der Waals surface area contributed by atoms with E-state index in [9.17, 15) is 8.42 Å². The van der Waals surface area contributed by atoms with Gasteiger partial charge in [-0.1, -0.05) is 64.6 Å². The molecular formula is C32H37N2O6S4+. The molecule has 0 saturated carbocycles. The minimum Gasteiger partial charge on any atom is -0.335 e. The third-order valence-electron chi connectivity index (χ3n) is 7.73. The van der Waals surface area contributed by atoms with Gasteiger partial charge in [-0.15, -0.1) is 4.33 Å². The number of allylic oxidation sites excluding steroid dienone is 6. The summed E-state index contributed by atoms with van der Waals surface area (Å²) in [5.74, 6) is 0.526. The van der Waals surface area contributed by atoms with E-state index in [0.29, 0.717) is 19.4 Å². The largest absolute Gasteiger partial charge is 0.335 e. The fourth-order valence-corrected chi connectivity index (χ4v) is 8.65. The highest BCUT2D eigenvalue weighted by atomic mass is 32.2. The van der Waals surface area contributed by atoms with Crippen LogP contribution >= 0.6 is 35.1 Å². The maximum Gasteiger partial charge on any atom is 0.264 e. The standard InChI is InChI=1S/C32H36N2O6S4/c1-24-25(16-18-31-33(20-6-8-22-41-40-39-35)27-10-2-4-12-29(27)42-31)14-15-26(24)17-19-32-34(21-7-9-23-44(36,37)38)28-11-3-5-13-30(28)43-32/h2-5,10-13,16-19H,6-9,14-15,20-23H2,1H3,(H-,35,36,37,38)/p+1. The van der Waals surface area contributed by atoms with Gasteiger partial charge < -0.3 is 4.90 Å². The van der Waals surface area contributed by atoms with Crippen molar-refractivity contribution in [1.29, 1.82) is 0 Å². The Kier molecular flexibility index (Phi) is 11.8. The summed E-state index contributed by atoms with van der Waals surface area (Å²) in [6, 6.07) is 16.8. The number of benzene rings is 2. The molecule has 0 unspecified atom stereocenters. The van der Waals surface area contributed by atoms with Gasteiger partial charge in [-0.2, -0.15) is 13.0 Å². The van der Waals surface area contributed by atoms with Gasteiger partial charge in [0.25, 0.3) is 15.1 Å². The summed E-state index contributed by atoms with van der Waals surface area (Å²) in [5, 5.41) is 14.3. The lowest BCUT2D eigenvalue weighted by molar-refractivity contribution is -0.669. The molecule has 1 aliphatic heterocycles. The molecule has 0 bridgehead atoms. The summed E-state index contributed by atoms with van der Waals surface area (Å²) < 4.78 is 39.3. The van der Waals surface area contributed by atoms with Gasteiger partial charge in [-0.25, -0.2) is 5.26 Å². The number of thioether (sulfide) groups is 1. The topological polar surface area (TPSA) is 100 Å². The van der Waals surface area contributed by atoms with E-state index in [1.807, 2.05) is 12.1 Å². The number of aromatic nitrogens is 1. The highest BCUT2D eigenvalue weighted by Gasteiger charge is 2.24. The van der Waals surface area contributed by atoms with Crippen molar-refractivity contribution in [3.63, 3.8) is 0 Å². The lowest BCUT2D eigenvalue weighted by Crippen LogP contribution is -2.35. The fraction of sp³-hybridized carbons (Fsp3) is 0.344. The minimum absolute atomic E-state index is 0.212. The summed E-state index contributed by atoms with van der Waals surface area (Å²) in [6.45, 7) is 3.79. The molecular weight excluding hydrogens is 637 g/mol. The number of hydrogen-bond donors (Lipinski definition) is 2. The fourth-order valence-electron chi connectivity index (χ4n) is 5.47. The number of aryl methyl sites for hydroxylation is 1. The summed E-state index contributed by atoms with van der Waals surface area (Å²) in [7, 11) is -3.94. The molecule has 1 aliphatic carbocycles. The third kappa shape index (κ3) is 8.64. The monoisotopic (exact) mass is 673 g/mol. The molecule has 0 atom stereocenters. The van der Waals surface area contributed by atoms with E-state index in [0.717, 1.165) is 60.5 Å². The van der Waals surface area contributed by atoms with Crippen LogP contribution in [0, 0.1) is 0 Å². The van der Waals surface area contributed by atoms with Crippen molar-refractivity contribution in [2.75, 3.05) is 23.0 Å². The zero-order chi connectivity index (χ0) is 30.9. The van der Waals surface area contributed by atoms with Crippen LogP contribution in [0.5, 0.6) is 0 Å². The van der Waals surface area contributed by atoms with Crippen LogP contribution in [0.25, 0.3) is 16.3 Å². The first kappa shape index (κ1) is 33.0. The van der Waals surface area contributed by atoms with Crippen molar-refractivity contribution >= 4 is 67.2 Å². The summed E-state index contributed by atoms with van der Waals surface area (Å²) in [6.07, 6.45) is 13.9. The van der Waals surface area contributed by atoms with Crippen LogP contribution in [0.3, 0.4) is 0 Å². The van der Waals surface area contributed by atoms with Crippen LogP contribution < -0.4 is 9.47 Å². The molecule has 1 aromatic heterocycles. The van der Waals surface area contributed by atoms with E-state index in [2.05, 4.69) is 86.5 Å². The van der Waals surface area contributed by atoms with Gasteiger partial charge in [-0.05, 0) is 80.0 Å². The van der Waals surface area contributed by atoms with Gasteiger partial charge in [-0.3, -0.25) is 4.55 Å². The second-order valence-electron chi connectivity index (χ2n) is 10.6. The normalized spacial score (nSPS) is 17.3. The zero-order valence-electron chi connectivity index (χ0n) is 24.6. The summed E-state index contributed by atoms with van der Waals surface area (Å²) in [5.41, 5.74) is 6.37. The molecule has 2 aliphatic rings. The van der Waals surface area contributed by atoms with Crippen LogP contribution in [0.2, 0.25) is 0 Å². The van der Waals surface area contributed by atoms with E-state index in [-0.39, 0.29) is 5.75 Å². The Morgan fingerprint density at radius 1 is 1.02 bits per heavy atom. The molecule has 0 saturated heterocycles. The Balaban J connectivity index is 1.30. The Hall–Kier alpha value is -2.42. The Labute approximate surface area is 271 Å². The van der Waals surface area contributed by atoms with Gasteiger partial charge in [0.05, 0.1) is 16.5 Å². The number of hydrogen-bond acceptors (Lipinski definition) is 9. The first-order valence-electron chi connectivity index (χ1n) is 14.6. The highest BCUT2D eigenvalue weighted by molar-refractivity contribution is 8.03. The minimum atomic E-state index is -3.94. The summed E-state index contributed by atoms with van der Waals surface area (Å²) in [4.78, 5) is 3.65. The van der Waals surface area contributed by atoms with Crippen molar-refractivity contribution in [3.8, 4) is 0 Å². The third-order valence-corrected chi connectivity index (χ3v) is 11.4. The van der Waals surface area contributed by atoms with Crippen molar-refractivity contribution in [1.82, 2.24) is 0 Å². The predicted octanol–water partition coefficient (Wildman–Crippen LogP) is 8.21.